The molecule has 0 bridgehead atoms. The molecule has 0 spiro atoms. The van der Waals surface area contributed by atoms with Crippen molar-refractivity contribution in [2.45, 2.75) is 49.9 Å². The Balaban J connectivity index is 0.000000337. The van der Waals surface area contributed by atoms with Crippen molar-refractivity contribution < 1.29 is 44.2 Å². The van der Waals surface area contributed by atoms with E-state index in [1.165, 1.54) is 43.4 Å². The highest BCUT2D eigenvalue weighted by Crippen LogP contribution is 2.33. The summed E-state index contributed by atoms with van der Waals surface area (Å²) in [5.41, 5.74) is 0.0637. The molecule has 0 atom stereocenters. The van der Waals surface area contributed by atoms with Gasteiger partial charge >= 0.3 is 22.5 Å². The van der Waals surface area contributed by atoms with E-state index in [0.29, 0.717) is 12.8 Å². The number of benzene rings is 3. The lowest BCUT2D eigenvalue weighted by molar-refractivity contribution is -0.139. The number of nitrogens with zero attached hydrogens (tertiary/aromatic N) is 1. The first kappa shape index (κ1) is 33.3. The third-order valence-corrected chi connectivity index (χ3v) is 7.00. The van der Waals surface area contributed by atoms with Crippen LogP contribution in [0.2, 0.25) is 0 Å². The van der Waals surface area contributed by atoms with Crippen LogP contribution in [0.4, 0.5) is 26.3 Å². The SMILES string of the molecule is Cc1ccc(S(=O)(=O)ON(C)CCCc2ccccc2C(F)(F)F)cc1.OCCCc1ccccc1C(F)(F)F. The standard InChI is InChI=1S/C18H20F3NO3S.C10H11F3O/c1-14-9-11-16(12-10-14)26(23,24)25-22(2)13-5-7-15-6-3-4-8-17(15)18(19,20)21;11-10(12,13)9-6-2-1-4-8(9)5-3-7-14/h3-4,6,8-12H,5,7,13H2,1-2H3;1-2,4,6,14H,3,5,7H2. The zero-order chi connectivity index (χ0) is 30.0. The third kappa shape index (κ3) is 10.6. The van der Waals surface area contributed by atoms with Gasteiger partial charge in [0, 0.05) is 20.2 Å². The fourth-order valence-electron chi connectivity index (χ4n) is 3.74. The van der Waals surface area contributed by atoms with Gasteiger partial charge in [-0.1, -0.05) is 54.1 Å². The summed E-state index contributed by atoms with van der Waals surface area (Å²) in [6.45, 7) is 1.91. The number of hydrogen-bond acceptors (Lipinski definition) is 5. The molecule has 3 aromatic rings. The van der Waals surface area contributed by atoms with Crippen LogP contribution in [0.1, 0.15) is 40.7 Å². The molecule has 40 heavy (non-hydrogen) atoms. The summed E-state index contributed by atoms with van der Waals surface area (Å²) in [5, 5.41) is 9.66. The molecule has 0 aliphatic heterocycles. The molecule has 5 nitrogen and oxygen atoms in total. The lowest BCUT2D eigenvalue weighted by Crippen LogP contribution is -2.25. The Morgan fingerprint density at radius 2 is 1.20 bits per heavy atom. The number of hydroxylamine groups is 2. The summed E-state index contributed by atoms with van der Waals surface area (Å²) >= 11 is 0. The van der Waals surface area contributed by atoms with Crippen LogP contribution in [0.25, 0.3) is 0 Å². The van der Waals surface area contributed by atoms with Crippen molar-refractivity contribution in [3.05, 3.63) is 101 Å². The average molecular weight is 592 g/mol. The van der Waals surface area contributed by atoms with Crippen molar-refractivity contribution in [2.24, 2.45) is 0 Å². The van der Waals surface area contributed by atoms with Crippen LogP contribution in [0, 0.1) is 6.92 Å². The Labute approximate surface area is 230 Å². The van der Waals surface area contributed by atoms with E-state index >= 15 is 0 Å². The molecule has 0 aromatic heterocycles. The first-order valence-corrected chi connectivity index (χ1v) is 13.7. The molecule has 0 fully saturated rings. The topological polar surface area (TPSA) is 66.8 Å². The molecule has 0 aliphatic rings. The van der Waals surface area contributed by atoms with Gasteiger partial charge in [-0.25, -0.2) is 0 Å². The second-order valence-electron chi connectivity index (χ2n) is 8.93. The van der Waals surface area contributed by atoms with E-state index in [0.717, 1.165) is 22.8 Å². The Morgan fingerprint density at radius 3 is 1.65 bits per heavy atom. The number of alkyl halides is 6. The highest BCUT2D eigenvalue weighted by atomic mass is 32.2. The van der Waals surface area contributed by atoms with E-state index in [1.807, 2.05) is 6.92 Å². The lowest BCUT2D eigenvalue weighted by atomic mass is 10.0. The number of halogens is 6. The van der Waals surface area contributed by atoms with E-state index in [1.54, 1.807) is 24.3 Å². The second-order valence-corrected chi connectivity index (χ2v) is 10.5. The molecule has 0 saturated carbocycles. The van der Waals surface area contributed by atoms with Crippen LogP contribution in [0.5, 0.6) is 0 Å². The molecule has 0 amide bonds. The molecule has 3 aromatic carbocycles. The van der Waals surface area contributed by atoms with E-state index in [-0.39, 0.29) is 42.0 Å². The van der Waals surface area contributed by atoms with Crippen molar-refractivity contribution in [1.29, 1.82) is 0 Å². The molecule has 0 radical (unpaired) electrons. The molecule has 0 aliphatic carbocycles. The summed E-state index contributed by atoms with van der Waals surface area (Å²) in [6, 6.07) is 17.0. The van der Waals surface area contributed by atoms with Crippen molar-refractivity contribution in [2.75, 3.05) is 20.2 Å². The molecule has 0 heterocycles. The van der Waals surface area contributed by atoms with Crippen LogP contribution in [0.3, 0.4) is 0 Å². The number of hydrogen-bond donors (Lipinski definition) is 1. The number of aliphatic hydroxyl groups is 1. The van der Waals surface area contributed by atoms with Gasteiger partial charge in [0.05, 0.1) is 16.0 Å². The Kier molecular flexibility index (Phi) is 12.2. The molecule has 220 valence electrons. The van der Waals surface area contributed by atoms with Gasteiger partial charge in [0.15, 0.2) is 0 Å². The molecule has 12 heteroatoms. The molecular weight excluding hydrogens is 560 g/mol. The zero-order valence-electron chi connectivity index (χ0n) is 22.0. The molecule has 1 N–H and O–H groups in total. The second kappa shape index (κ2) is 14.6. The Morgan fingerprint density at radius 1 is 0.750 bits per heavy atom. The fraction of sp³-hybridized carbons (Fsp3) is 0.357. The van der Waals surface area contributed by atoms with Crippen LogP contribution < -0.4 is 0 Å². The Hall–Kier alpha value is -2.93. The van der Waals surface area contributed by atoms with Crippen molar-refractivity contribution in [3.63, 3.8) is 0 Å². The summed E-state index contributed by atoms with van der Waals surface area (Å²) in [5.74, 6) is 0. The molecule has 0 unspecified atom stereocenters. The maximum Gasteiger partial charge on any atom is 0.416 e. The van der Waals surface area contributed by atoms with E-state index in [9.17, 15) is 34.8 Å². The van der Waals surface area contributed by atoms with Crippen molar-refractivity contribution in [1.82, 2.24) is 5.06 Å². The van der Waals surface area contributed by atoms with Gasteiger partial charge in [0.1, 0.15) is 0 Å². The molecule has 0 saturated heterocycles. The highest BCUT2D eigenvalue weighted by Gasteiger charge is 2.33. The van der Waals surface area contributed by atoms with Gasteiger partial charge in [-0.3, -0.25) is 0 Å². The van der Waals surface area contributed by atoms with Gasteiger partial charge < -0.3 is 5.11 Å². The molecule has 3 rings (SSSR count). The van der Waals surface area contributed by atoms with Crippen molar-refractivity contribution >= 4 is 10.1 Å². The van der Waals surface area contributed by atoms with Crippen LogP contribution >= 0.6 is 0 Å². The van der Waals surface area contributed by atoms with Gasteiger partial charge in [0.2, 0.25) is 0 Å². The molecular formula is C28H31F6NO4S. The summed E-state index contributed by atoms with van der Waals surface area (Å²) in [6.07, 6.45) is -7.62. The first-order chi connectivity index (χ1) is 18.6. The minimum absolute atomic E-state index is 0.0253. The summed E-state index contributed by atoms with van der Waals surface area (Å²) in [4.78, 5) is 0.0253. The number of aryl methyl sites for hydroxylation is 3. The highest BCUT2D eigenvalue weighted by molar-refractivity contribution is 7.86. The predicted octanol–water partition coefficient (Wildman–Crippen LogP) is 6.83. The van der Waals surface area contributed by atoms with Crippen LogP contribution in [-0.4, -0.2) is 38.8 Å². The van der Waals surface area contributed by atoms with Gasteiger partial charge in [-0.15, -0.1) is 0 Å². The normalized spacial score (nSPS) is 12.2. The average Bonchev–Trinajstić information content (AvgIpc) is 2.87. The zero-order valence-corrected chi connectivity index (χ0v) is 22.8. The minimum Gasteiger partial charge on any atom is -0.396 e. The monoisotopic (exact) mass is 591 g/mol. The third-order valence-electron chi connectivity index (χ3n) is 5.70. The lowest BCUT2D eigenvalue weighted by Gasteiger charge is -2.17. The van der Waals surface area contributed by atoms with E-state index in [4.69, 9.17) is 9.39 Å². The van der Waals surface area contributed by atoms with Crippen LogP contribution in [-0.2, 0) is 39.6 Å². The quantitative estimate of drug-likeness (QED) is 0.207. The smallest absolute Gasteiger partial charge is 0.396 e. The van der Waals surface area contributed by atoms with Crippen LogP contribution in [0.15, 0.2) is 77.7 Å². The minimum atomic E-state index is -4.41. The number of aliphatic hydroxyl groups excluding tert-OH is 1. The van der Waals surface area contributed by atoms with E-state index < -0.39 is 33.6 Å². The van der Waals surface area contributed by atoms with Gasteiger partial charge in [-0.05, 0) is 68.0 Å². The summed E-state index contributed by atoms with van der Waals surface area (Å²) < 4.78 is 105. The number of rotatable bonds is 10. The maximum atomic E-state index is 13.0. The maximum absolute atomic E-state index is 13.0. The fourth-order valence-corrected chi connectivity index (χ4v) is 4.71. The first-order valence-electron chi connectivity index (χ1n) is 12.3. The van der Waals surface area contributed by atoms with Crippen molar-refractivity contribution in [3.8, 4) is 0 Å². The van der Waals surface area contributed by atoms with Gasteiger partial charge in [-0.2, -0.15) is 44.1 Å². The Bertz CT molecular complexity index is 1310. The van der Waals surface area contributed by atoms with Gasteiger partial charge in [0.25, 0.3) is 0 Å². The largest absolute Gasteiger partial charge is 0.416 e. The summed E-state index contributed by atoms with van der Waals surface area (Å²) in [7, 11) is -2.52. The predicted molar refractivity (Wildman–Crippen MR) is 139 cm³/mol. The van der Waals surface area contributed by atoms with E-state index in [2.05, 4.69) is 0 Å².